The molecule has 0 unspecified atom stereocenters. The van der Waals surface area contributed by atoms with Crippen LogP contribution in [0.1, 0.15) is 0 Å². The molecule has 86 valence electrons. The van der Waals surface area contributed by atoms with Crippen LogP contribution in [0.15, 0.2) is 0 Å². The molecule has 0 aromatic rings. The Kier molecular flexibility index (Phi) is 100. The van der Waals surface area contributed by atoms with Crippen molar-refractivity contribution in [3.63, 3.8) is 0 Å². The Morgan fingerprint density at radius 1 is 0.750 bits per heavy atom. The third-order valence-electron chi connectivity index (χ3n) is 0. The summed E-state index contributed by atoms with van der Waals surface area (Å²) in [5.74, 6) is 0. The largest absolute Gasteiger partial charge is 1.00 e. The van der Waals surface area contributed by atoms with Crippen LogP contribution in [0, 0.1) is 40.8 Å². The van der Waals surface area contributed by atoms with Gasteiger partial charge in [-0.1, -0.05) is 0 Å². The Morgan fingerprint density at radius 3 is 0.750 bits per heavy atom. The molecular weight excluding hydrogens is 275 g/mol. The van der Waals surface area contributed by atoms with Crippen LogP contribution in [0.25, 0.3) is 0 Å². The maximum atomic E-state index is 8.36. The molecule has 0 atom stereocenters. The minimum Gasteiger partial charge on any atom is -0.412 e. The van der Waals surface area contributed by atoms with E-state index < -0.39 is 15.3 Å². The van der Waals surface area contributed by atoms with Crippen molar-refractivity contribution in [2.24, 2.45) is 0 Å². The molecule has 0 radical (unpaired) electrons. The van der Waals surface area contributed by atoms with E-state index in [1.165, 1.54) is 0 Å². The van der Waals surface area contributed by atoms with Gasteiger partial charge in [-0.25, -0.2) is 0 Å². The van der Waals surface area contributed by atoms with Crippen molar-refractivity contribution >= 4 is 17.4 Å². The second kappa shape index (κ2) is 36.3. The van der Waals surface area contributed by atoms with Gasteiger partial charge in [-0.05, 0) is 0 Å². The molecule has 0 aliphatic heterocycles. The average Bonchev–Trinajstić information content (AvgIpc) is 1.54. The monoisotopic (exact) mass is 281 g/mol. The fourth-order valence-electron chi connectivity index (χ4n) is 0. The number of nitrogens with zero attached hydrogens (tertiary/aromatic N) is 3. The van der Waals surface area contributed by atoms with Gasteiger partial charge in [0.2, 0.25) is 0 Å². The van der Waals surface area contributed by atoms with E-state index in [1.54, 1.807) is 0 Å². The van der Waals surface area contributed by atoms with Crippen molar-refractivity contribution in [2.75, 3.05) is 0 Å². The molecule has 0 amide bonds. The molecule has 0 aromatic carbocycles. The summed E-state index contributed by atoms with van der Waals surface area (Å²) in [6.45, 7) is 0. The zero-order valence-electron chi connectivity index (χ0n) is 7.55. The fourth-order valence-corrected chi connectivity index (χ4v) is 0. The standard InChI is InChI=1S/Al.HNO3.2NO3.2Na.H2O.3H/c;3*2-1(3)4;;;;;;/h;(H,2,3,4);;;;;1H2;;;/q;;2*-1;2*+1;;;;. The molecule has 16 heavy (non-hydrogen) atoms. The maximum Gasteiger partial charge on any atom is 1.00 e. The molecule has 0 saturated heterocycles. The van der Waals surface area contributed by atoms with E-state index in [0.29, 0.717) is 0 Å². The summed E-state index contributed by atoms with van der Waals surface area (Å²) < 4.78 is 0. The van der Waals surface area contributed by atoms with Crippen molar-refractivity contribution in [3.8, 4) is 0 Å². The average molecular weight is 281 g/mol. The second-order valence-electron chi connectivity index (χ2n) is 0.685. The van der Waals surface area contributed by atoms with Crippen molar-refractivity contribution < 1.29 is 85.1 Å². The molecule has 0 aliphatic carbocycles. The van der Waals surface area contributed by atoms with Crippen LogP contribution in [0.2, 0.25) is 0 Å². The molecule has 0 saturated carbocycles. The van der Waals surface area contributed by atoms with Crippen molar-refractivity contribution in [2.45, 2.75) is 0 Å². The van der Waals surface area contributed by atoms with Gasteiger partial charge >= 0.3 is 59.1 Å². The van der Waals surface area contributed by atoms with E-state index in [2.05, 4.69) is 0 Å². The minimum atomic E-state index is -1.75. The molecule has 13 nitrogen and oxygen atoms in total. The molecular formula is H6AlN3Na2O10. The summed E-state index contributed by atoms with van der Waals surface area (Å²) in [4.78, 5) is 24.9. The van der Waals surface area contributed by atoms with Gasteiger partial charge in [0.25, 0.3) is 5.09 Å². The predicted octanol–water partition coefficient (Wildman–Crippen LogP) is -8.83. The molecule has 0 heterocycles. The van der Waals surface area contributed by atoms with E-state index >= 15 is 0 Å². The molecule has 3 N–H and O–H groups in total. The number of hydrogen-bond acceptors (Lipinski definition) is 8. The van der Waals surface area contributed by atoms with Gasteiger partial charge in [0, 0.05) is 0 Å². The molecule has 0 aromatic heterocycles. The molecule has 0 bridgehead atoms. The number of rotatable bonds is 0. The van der Waals surface area contributed by atoms with E-state index in [0.717, 1.165) is 0 Å². The van der Waals surface area contributed by atoms with E-state index in [4.69, 9.17) is 46.0 Å². The van der Waals surface area contributed by atoms with Crippen molar-refractivity contribution in [1.82, 2.24) is 0 Å². The van der Waals surface area contributed by atoms with Crippen LogP contribution in [-0.4, -0.2) is 43.3 Å². The van der Waals surface area contributed by atoms with Gasteiger partial charge in [0.15, 0.2) is 17.4 Å². The van der Waals surface area contributed by atoms with E-state index in [9.17, 15) is 0 Å². The third-order valence-corrected chi connectivity index (χ3v) is 0. The van der Waals surface area contributed by atoms with Gasteiger partial charge < -0.3 is 41.3 Å². The quantitative estimate of drug-likeness (QED) is 0.252. The summed E-state index contributed by atoms with van der Waals surface area (Å²) in [7, 11) is 0. The van der Waals surface area contributed by atoms with Gasteiger partial charge in [-0.3, -0.25) is 0 Å². The van der Waals surface area contributed by atoms with Crippen LogP contribution in [0.4, 0.5) is 0 Å². The smallest absolute Gasteiger partial charge is 0.412 e. The molecule has 0 spiro atoms. The predicted molar refractivity (Wildman–Crippen MR) is 43.1 cm³/mol. The Labute approximate surface area is 142 Å². The number of hydrogen-bond donors (Lipinski definition) is 1. The van der Waals surface area contributed by atoms with E-state index in [-0.39, 0.29) is 82.0 Å². The minimum absolute atomic E-state index is 0. The first-order chi connectivity index (χ1) is 5.20. The summed E-state index contributed by atoms with van der Waals surface area (Å²) >= 11 is 0. The Morgan fingerprint density at radius 2 is 0.750 bits per heavy atom. The van der Waals surface area contributed by atoms with Crippen molar-refractivity contribution in [1.29, 1.82) is 0 Å². The first-order valence-corrected chi connectivity index (χ1v) is 1.66. The SMILES string of the molecule is O.O=[N+]([O-])O.O=[N+]([O-])[O-].O=[N+]([O-])[O-].[AlH3].[Na+].[Na+]. The molecule has 0 aliphatic rings. The topological polar surface area (TPSA) is 227 Å². The maximum absolute atomic E-state index is 8.36. The summed E-state index contributed by atoms with van der Waals surface area (Å²) in [6, 6.07) is 0. The van der Waals surface area contributed by atoms with Crippen molar-refractivity contribution in [3.05, 3.63) is 40.8 Å². The zero-order chi connectivity index (χ0) is 10.7. The van der Waals surface area contributed by atoms with Crippen LogP contribution in [0.5, 0.6) is 0 Å². The van der Waals surface area contributed by atoms with Gasteiger partial charge in [0.1, 0.15) is 0 Å². The molecule has 0 rings (SSSR count). The van der Waals surface area contributed by atoms with Crippen LogP contribution < -0.4 is 59.1 Å². The first-order valence-electron chi connectivity index (χ1n) is 1.66. The van der Waals surface area contributed by atoms with Gasteiger partial charge in [-0.15, -0.1) is 10.1 Å². The van der Waals surface area contributed by atoms with Crippen LogP contribution in [0.3, 0.4) is 0 Å². The first kappa shape index (κ1) is 44.3. The van der Waals surface area contributed by atoms with E-state index in [1.807, 2.05) is 0 Å². The zero-order valence-corrected chi connectivity index (χ0v) is 11.6. The Balaban J connectivity index is -0.0000000135. The normalized spacial score (nSPS) is 4.50. The Bertz CT molecular complexity index is 122. The summed E-state index contributed by atoms with van der Waals surface area (Å²) in [5.41, 5.74) is 0. The fraction of sp³-hybridized carbons (Fsp3) is 0. The second-order valence-corrected chi connectivity index (χ2v) is 0.685. The summed E-state index contributed by atoms with van der Waals surface area (Å²) in [6.07, 6.45) is 0. The van der Waals surface area contributed by atoms with Gasteiger partial charge in [0.05, 0.1) is 10.2 Å². The summed E-state index contributed by atoms with van der Waals surface area (Å²) in [5, 5.41) is 43.1. The molecule has 0 fully saturated rings. The molecule has 16 heteroatoms. The van der Waals surface area contributed by atoms with Crippen LogP contribution >= 0.6 is 0 Å². The van der Waals surface area contributed by atoms with Crippen LogP contribution in [-0.2, 0) is 0 Å². The Hall–Kier alpha value is 0.0925. The van der Waals surface area contributed by atoms with Gasteiger partial charge in [-0.2, -0.15) is 0 Å². The third kappa shape index (κ3) is 283000.